The van der Waals surface area contributed by atoms with Crippen LogP contribution in [0.25, 0.3) is 0 Å². The molecule has 156 valence electrons. The van der Waals surface area contributed by atoms with Crippen LogP contribution in [-0.4, -0.2) is 30.2 Å². The Kier molecular flexibility index (Phi) is 6.85. The van der Waals surface area contributed by atoms with Gasteiger partial charge in [0, 0.05) is 11.0 Å². The summed E-state index contributed by atoms with van der Waals surface area (Å²) in [5, 5.41) is 0. The number of amides is 1. The maximum Gasteiger partial charge on any atom is 0.410 e. The third-order valence-electron chi connectivity index (χ3n) is 4.70. The molecule has 2 aromatic carbocycles. The van der Waals surface area contributed by atoms with Crippen LogP contribution < -0.4 is 4.74 Å². The second-order valence-corrected chi connectivity index (χ2v) is 9.06. The molecular weight excluding hydrogens is 434 g/mol. The van der Waals surface area contributed by atoms with Gasteiger partial charge in [0.25, 0.3) is 0 Å². The van der Waals surface area contributed by atoms with Crippen LogP contribution in [0.5, 0.6) is 5.75 Å². The SMILES string of the molecule is COc1ccc(COCc2cc(Br)c3c(c2)CCN(C(=O)OC(C)(C)C)C3)cc1. The number of carbonyl (C=O) groups excluding carboxylic acids is 1. The fourth-order valence-electron chi connectivity index (χ4n) is 3.26. The van der Waals surface area contributed by atoms with Crippen molar-refractivity contribution in [3.05, 3.63) is 63.1 Å². The summed E-state index contributed by atoms with van der Waals surface area (Å²) in [6, 6.07) is 12.1. The number of carbonyl (C=O) groups is 1. The van der Waals surface area contributed by atoms with E-state index in [-0.39, 0.29) is 6.09 Å². The second-order valence-electron chi connectivity index (χ2n) is 8.21. The van der Waals surface area contributed by atoms with E-state index in [1.165, 1.54) is 5.56 Å². The lowest BCUT2D eigenvalue weighted by atomic mass is 9.97. The van der Waals surface area contributed by atoms with Crippen LogP contribution in [-0.2, 0) is 35.7 Å². The maximum atomic E-state index is 12.4. The summed E-state index contributed by atoms with van der Waals surface area (Å²) in [5.74, 6) is 0.841. The molecule has 1 heterocycles. The van der Waals surface area contributed by atoms with E-state index >= 15 is 0 Å². The van der Waals surface area contributed by atoms with Crippen LogP contribution in [0.1, 0.15) is 43.0 Å². The van der Waals surface area contributed by atoms with Gasteiger partial charge in [0.05, 0.1) is 26.9 Å². The lowest BCUT2D eigenvalue weighted by Crippen LogP contribution is -2.40. The lowest BCUT2D eigenvalue weighted by Gasteiger charge is -2.32. The topological polar surface area (TPSA) is 48.0 Å². The van der Waals surface area contributed by atoms with E-state index in [1.54, 1.807) is 12.0 Å². The van der Waals surface area contributed by atoms with Crippen LogP contribution in [0, 0.1) is 0 Å². The van der Waals surface area contributed by atoms with E-state index in [1.807, 2.05) is 45.0 Å². The third-order valence-corrected chi connectivity index (χ3v) is 5.40. The van der Waals surface area contributed by atoms with Crippen molar-refractivity contribution in [3.63, 3.8) is 0 Å². The van der Waals surface area contributed by atoms with E-state index < -0.39 is 5.60 Å². The monoisotopic (exact) mass is 461 g/mol. The fraction of sp³-hybridized carbons (Fsp3) is 0.435. The van der Waals surface area contributed by atoms with Gasteiger partial charge in [0.15, 0.2) is 0 Å². The minimum absolute atomic E-state index is 0.262. The molecule has 3 rings (SSSR count). The molecule has 0 saturated heterocycles. The van der Waals surface area contributed by atoms with Gasteiger partial charge in [-0.15, -0.1) is 0 Å². The number of hydrogen-bond acceptors (Lipinski definition) is 4. The molecule has 0 unspecified atom stereocenters. The molecule has 0 atom stereocenters. The van der Waals surface area contributed by atoms with Gasteiger partial charge in [-0.2, -0.15) is 0 Å². The number of benzene rings is 2. The van der Waals surface area contributed by atoms with E-state index in [0.29, 0.717) is 26.3 Å². The average molecular weight is 462 g/mol. The van der Waals surface area contributed by atoms with Crippen molar-refractivity contribution in [2.24, 2.45) is 0 Å². The lowest BCUT2D eigenvalue weighted by molar-refractivity contribution is 0.0223. The molecule has 0 saturated carbocycles. The number of rotatable bonds is 5. The normalized spacial score (nSPS) is 13.8. The molecule has 0 aromatic heterocycles. The number of nitrogens with zero attached hydrogens (tertiary/aromatic N) is 1. The Morgan fingerprint density at radius 1 is 1.10 bits per heavy atom. The van der Waals surface area contributed by atoms with Crippen LogP contribution >= 0.6 is 15.9 Å². The van der Waals surface area contributed by atoms with Gasteiger partial charge in [0.2, 0.25) is 0 Å². The maximum absolute atomic E-state index is 12.4. The molecule has 0 N–H and O–H groups in total. The minimum atomic E-state index is -0.486. The van der Waals surface area contributed by atoms with Crippen molar-refractivity contribution in [2.75, 3.05) is 13.7 Å². The summed E-state index contributed by atoms with van der Waals surface area (Å²) in [6.07, 6.45) is 0.543. The molecular formula is C23H28BrNO4. The predicted molar refractivity (Wildman–Crippen MR) is 116 cm³/mol. The van der Waals surface area contributed by atoms with Crippen LogP contribution in [0.2, 0.25) is 0 Å². The molecule has 29 heavy (non-hydrogen) atoms. The van der Waals surface area contributed by atoms with Crippen molar-refractivity contribution >= 4 is 22.0 Å². The molecule has 0 spiro atoms. The molecule has 1 aliphatic heterocycles. The first kappa shape index (κ1) is 21.7. The average Bonchev–Trinajstić information content (AvgIpc) is 2.67. The highest BCUT2D eigenvalue weighted by Gasteiger charge is 2.27. The van der Waals surface area contributed by atoms with E-state index in [4.69, 9.17) is 14.2 Å². The molecule has 0 aliphatic carbocycles. The molecule has 1 aliphatic rings. The highest BCUT2D eigenvalue weighted by atomic mass is 79.9. The molecule has 5 nitrogen and oxygen atoms in total. The standard InChI is InChI=1S/C23H28BrNO4/c1-23(2,3)29-22(26)25-10-9-18-11-17(12-21(24)20(18)13-25)15-28-14-16-5-7-19(27-4)8-6-16/h5-8,11-12H,9-10,13-15H2,1-4H3. The minimum Gasteiger partial charge on any atom is -0.497 e. The van der Waals surface area contributed by atoms with E-state index in [9.17, 15) is 4.79 Å². The summed E-state index contributed by atoms with van der Waals surface area (Å²) >= 11 is 3.68. The number of halogens is 1. The summed E-state index contributed by atoms with van der Waals surface area (Å²) in [4.78, 5) is 14.1. The van der Waals surface area contributed by atoms with Gasteiger partial charge in [-0.1, -0.05) is 34.1 Å². The van der Waals surface area contributed by atoms with Gasteiger partial charge in [0.1, 0.15) is 11.4 Å². The first-order valence-electron chi connectivity index (χ1n) is 9.74. The number of methoxy groups -OCH3 is 1. The number of ether oxygens (including phenoxy) is 3. The molecule has 0 radical (unpaired) electrons. The fourth-order valence-corrected chi connectivity index (χ4v) is 3.93. The van der Waals surface area contributed by atoms with Crippen molar-refractivity contribution in [2.45, 2.75) is 52.6 Å². The smallest absolute Gasteiger partial charge is 0.410 e. The summed E-state index contributed by atoms with van der Waals surface area (Å²) in [7, 11) is 1.66. The van der Waals surface area contributed by atoms with Gasteiger partial charge in [-0.05, 0) is 67.6 Å². The van der Waals surface area contributed by atoms with E-state index in [0.717, 1.165) is 33.3 Å². The molecule has 2 aromatic rings. The largest absolute Gasteiger partial charge is 0.497 e. The van der Waals surface area contributed by atoms with Crippen molar-refractivity contribution in [1.82, 2.24) is 4.90 Å². The van der Waals surface area contributed by atoms with Crippen molar-refractivity contribution in [1.29, 1.82) is 0 Å². The molecule has 0 fully saturated rings. The summed E-state index contributed by atoms with van der Waals surface area (Å²) < 4.78 is 17.6. The Labute approximate surface area is 181 Å². The van der Waals surface area contributed by atoms with Crippen LogP contribution in [0.4, 0.5) is 4.79 Å². The Hall–Kier alpha value is -2.05. The van der Waals surface area contributed by atoms with E-state index in [2.05, 4.69) is 28.1 Å². The Balaban J connectivity index is 1.60. The van der Waals surface area contributed by atoms with Crippen molar-refractivity contribution < 1.29 is 19.0 Å². The zero-order valence-corrected chi connectivity index (χ0v) is 19.0. The Bertz CT molecular complexity index is 858. The second kappa shape index (κ2) is 9.18. The van der Waals surface area contributed by atoms with Crippen LogP contribution in [0.15, 0.2) is 40.9 Å². The Morgan fingerprint density at radius 3 is 2.45 bits per heavy atom. The molecule has 0 bridgehead atoms. The summed E-state index contributed by atoms with van der Waals surface area (Å²) in [6.45, 7) is 7.95. The van der Waals surface area contributed by atoms with Crippen LogP contribution in [0.3, 0.4) is 0 Å². The number of hydrogen-bond donors (Lipinski definition) is 0. The predicted octanol–water partition coefficient (Wildman–Crippen LogP) is 5.47. The zero-order chi connectivity index (χ0) is 21.0. The summed E-state index contributed by atoms with van der Waals surface area (Å²) in [5.41, 5.74) is 4.13. The first-order valence-corrected chi connectivity index (χ1v) is 10.5. The highest BCUT2D eigenvalue weighted by molar-refractivity contribution is 9.10. The van der Waals surface area contributed by atoms with Gasteiger partial charge in [-0.3, -0.25) is 0 Å². The van der Waals surface area contributed by atoms with Gasteiger partial charge >= 0.3 is 6.09 Å². The third kappa shape index (κ3) is 5.97. The highest BCUT2D eigenvalue weighted by Crippen LogP contribution is 2.29. The van der Waals surface area contributed by atoms with Crippen molar-refractivity contribution in [3.8, 4) is 5.75 Å². The van der Waals surface area contributed by atoms with Gasteiger partial charge in [-0.25, -0.2) is 4.79 Å². The molecule has 1 amide bonds. The first-order chi connectivity index (χ1) is 13.7. The zero-order valence-electron chi connectivity index (χ0n) is 17.5. The quantitative estimate of drug-likeness (QED) is 0.592. The number of fused-ring (bicyclic) bond motifs is 1. The molecule has 6 heteroatoms. The Morgan fingerprint density at radius 2 is 1.79 bits per heavy atom. The van der Waals surface area contributed by atoms with Gasteiger partial charge < -0.3 is 19.1 Å².